The van der Waals surface area contributed by atoms with Crippen LogP contribution >= 0.6 is 0 Å². The van der Waals surface area contributed by atoms with E-state index in [1.54, 1.807) is 7.11 Å². The second-order valence-corrected chi connectivity index (χ2v) is 5.11. The van der Waals surface area contributed by atoms with Crippen LogP contribution in [0.2, 0.25) is 0 Å². The molecular formula is C15H22N2O3. The third-order valence-electron chi connectivity index (χ3n) is 3.59. The van der Waals surface area contributed by atoms with Gasteiger partial charge in [0.15, 0.2) is 0 Å². The number of methoxy groups -OCH3 is 1. The summed E-state index contributed by atoms with van der Waals surface area (Å²) in [6.45, 7) is 1.10. The maximum absolute atomic E-state index is 12.3. The molecule has 1 aromatic rings. The Morgan fingerprint density at radius 1 is 1.55 bits per heavy atom. The summed E-state index contributed by atoms with van der Waals surface area (Å²) < 4.78 is 5.06. The van der Waals surface area contributed by atoms with E-state index in [1.165, 1.54) is 5.56 Å². The summed E-state index contributed by atoms with van der Waals surface area (Å²) in [5.74, 6) is -0.0644. The zero-order chi connectivity index (χ0) is 14.4. The van der Waals surface area contributed by atoms with E-state index in [1.807, 2.05) is 24.3 Å². The van der Waals surface area contributed by atoms with Gasteiger partial charge in [-0.15, -0.1) is 0 Å². The minimum Gasteiger partial charge on any atom is -0.396 e. The van der Waals surface area contributed by atoms with E-state index in [4.69, 9.17) is 9.84 Å². The van der Waals surface area contributed by atoms with Crippen molar-refractivity contribution in [3.63, 3.8) is 0 Å². The lowest BCUT2D eigenvalue weighted by Gasteiger charge is -2.27. The molecule has 0 fully saturated rings. The molecule has 0 bridgehead atoms. The molecule has 1 heterocycles. The van der Waals surface area contributed by atoms with E-state index in [0.29, 0.717) is 19.6 Å². The molecule has 5 heteroatoms. The van der Waals surface area contributed by atoms with Crippen molar-refractivity contribution in [1.29, 1.82) is 0 Å². The van der Waals surface area contributed by atoms with Crippen LogP contribution in [-0.4, -0.2) is 43.9 Å². The first-order valence-corrected chi connectivity index (χ1v) is 6.96. The van der Waals surface area contributed by atoms with Crippen molar-refractivity contribution < 1.29 is 14.6 Å². The average Bonchev–Trinajstić information content (AvgIpc) is 2.47. The maximum atomic E-state index is 12.3. The molecule has 2 unspecified atom stereocenters. The highest BCUT2D eigenvalue weighted by atomic mass is 16.5. The fraction of sp³-hybridized carbons (Fsp3) is 0.533. The van der Waals surface area contributed by atoms with Gasteiger partial charge in [0.05, 0.1) is 18.6 Å². The predicted molar refractivity (Wildman–Crippen MR) is 77.6 cm³/mol. The van der Waals surface area contributed by atoms with Gasteiger partial charge in [0.25, 0.3) is 0 Å². The number of fused-ring (bicyclic) bond motifs is 1. The van der Waals surface area contributed by atoms with E-state index in [9.17, 15) is 4.79 Å². The van der Waals surface area contributed by atoms with Gasteiger partial charge in [-0.1, -0.05) is 18.2 Å². The zero-order valence-electron chi connectivity index (χ0n) is 11.8. The van der Waals surface area contributed by atoms with Gasteiger partial charge in [-0.2, -0.15) is 0 Å². The Morgan fingerprint density at radius 3 is 3.10 bits per heavy atom. The number of nitrogens with one attached hydrogen (secondary N) is 2. The highest BCUT2D eigenvalue weighted by molar-refractivity contribution is 5.81. The van der Waals surface area contributed by atoms with E-state index in [-0.39, 0.29) is 24.5 Å². The molecule has 20 heavy (non-hydrogen) atoms. The van der Waals surface area contributed by atoms with Gasteiger partial charge in [0, 0.05) is 25.9 Å². The number of rotatable bonds is 6. The molecule has 3 N–H and O–H groups in total. The fourth-order valence-corrected chi connectivity index (χ4v) is 2.50. The number of anilines is 1. The van der Waals surface area contributed by atoms with Crippen LogP contribution in [0.15, 0.2) is 24.3 Å². The normalized spacial score (nSPS) is 18.8. The van der Waals surface area contributed by atoms with E-state index >= 15 is 0 Å². The van der Waals surface area contributed by atoms with Crippen LogP contribution in [0.1, 0.15) is 12.0 Å². The Balaban J connectivity index is 1.93. The van der Waals surface area contributed by atoms with Crippen LogP contribution in [0.5, 0.6) is 0 Å². The molecule has 0 spiro atoms. The van der Waals surface area contributed by atoms with Crippen molar-refractivity contribution in [3.8, 4) is 0 Å². The molecule has 1 aliphatic heterocycles. The number of hydrogen-bond acceptors (Lipinski definition) is 4. The first-order chi connectivity index (χ1) is 9.74. The Morgan fingerprint density at radius 2 is 2.35 bits per heavy atom. The van der Waals surface area contributed by atoms with Gasteiger partial charge in [0.2, 0.25) is 5.91 Å². The molecule has 0 saturated carbocycles. The molecule has 1 aliphatic rings. The molecule has 110 valence electrons. The van der Waals surface area contributed by atoms with Crippen LogP contribution in [0.25, 0.3) is 0 Å². The highest BCUT2D eigenvalue weighted by Crippen LogP contribution is 2.24. The van der Waals surface area contributed by atoms with Gasteiger partial charge in [0.1, 0.15) is 0 Å². The summed E-state index contributed by atoms with van der Waals surface area (Å²) in [5, 5.41) is 15.2. The van der Waals surface area contributed by atoms with Crippen molar-refractivity contribution in [2.24, 2.45) is 5.92 Å². The summed E-state index contributed by atoms with van der Waals surface area (Å²) in [5.41, 5.74) is 2.28. The Bertz CT molecular complexity index is 444. The molecule has 2 atom stereocenters. The lowest BCUT2D eigenvalue weighted by atomic mass is 9.93. The number of amides is 1. The number of hydrogen-bond donors (Lipinski definition) is 3. The first kappa shape index (κ1) is 14.8. The van der Waals surface area contributed by atoms with Crippen molar-refractivity contribution in [2.45, 2.75) is 18.9 Å². The summed E-state index contributed by atoms with van der Waals surface area (Å²) in [4.78, 5) is 12.3. The monoisotopic (exact) mass is 278 g/mol. The largest absolute Gasteiger partial charge is 0.396 e. The van der Waals surface area contributed by atoms with Crippen LogP contribution < -0.4 is 10.6 Å². The SMILES string of the molecule is COCC(CCO)NC(=O)C1CNc2ccccc2C1. The molecule has 0 aliphatic carbocycles. The third-order valence-corrected chi connectivity index (χ3v) is 3.59. The molecular weight excluding hydrogens is 256 g/mol. The van der Waals surface area contributed by atoms with Crippen LogP contribution in [0, 0.1) is 5.92 Å². The lowest BCUT2D eigenvalue weighted by Crippen LogP contribution is -2.45. The summed E-state index contributed by atoms with van der Waals surface area (Å²) >= 11 is 0. The second-order valence-electron chi connectivity index (χ2n) is 5.11. The molecule has 1 aromatic carbocycles. The number of aliphatic hydroxyl groups excluding tert-OH is 1. The Kier molecular flexibility index (Phi) is 5.38. The maximum Gasteiger partial charge on any atom is 0.225 e. The van der Waals surface area contributed by atoms with Gasteiger partial charge in [-0.3, -0.25) is 4.79 Å². The van der Waals surface area contributed by atoms with Gasteiger partial charge < -0.3 is 20.5 Å². The number of benzene rings is 1. The van der Waals surface area contributed by atoms with Crippen LogP contribution in [-0.2, 0) is 16.0 Å². The molecule has 0 aromatic heterocycles. The van der Waals surface area contributed by atoms with Crippen molar-refractivity contribution in [1.82, 2.24) is 5.32 Å². The topological polar surface area (TPSA) is 70.6 Å². The first-order valence-electron chi connectivity index (χ1n) is 6.96. The molecule has 5 nitrogen and oxygen atoms in total. The number of aliphatic hydroxyl groups is 1. The third kappa shape index (κ3) is 3.71. The molecule has 0 radical (unpaired) electrons. The zero-order valence-corrected chi connectivity index (χ0v) is 11.8. The molecule has 0 saturated heterocycles. The average molecular weight is 278 g/mol. The van der Waals surface area contributed by atoms with Gasteiger partial charge in [-0.25, -0.2) is 0 Å². The number of carbonyl (C=O) groups excluding carboxylic acids is 1. The van der Waals surface area contributed by atoms with Gasteiger partial charge >= 0.3 is 0 Å². The van der Waals surface area contributed by atoms with Crippen LogP contribution in [0.4, 0.5) is 5.69 Å². The summed E-state index contributed by atoms with van der Waals surface area (Å²) in [6.07, 6.45) is 1.25. The second kappa shape index (κ2) is 7.26. The minimum absolute atomic E-state index is 0.0162. The lowest BCUT2D eigenvalue weighted by molar-refractivity contribution is -0.125. The van der Waals surface area contributed by atoms with Crippen molar-refractivity contribution in [3.05, 3.63) is 29.8 Å². The summed E-state index contributed by atoms with van der Waals surface area (Å²) in [7, 11) is 1.59. The number of carbonyl (C=O) groups is 1. The smallest absolute Gasteiger partial charge is 0.225 e. The standard InChI is InChI=1S/C15H22N2O3/c1-20-10-13(6-7-18)17-15(19)12-8-11-4-2-3-5-14(11)16-9-12/h2-5,12-13,16,18H,6-10H2,1H3,(H,17,19). The van der Waals surface area contributed by atoms with Crippen molar-refractivity contribution >= 4 is 11.6 Å². The summed E-state index contributed by atoms with van der Waals surface area (Å²) in [6, 6.07) is 7.92. The highest BCUT2D eigenvalue weighted by Gasteiger charge is 2.25. The van der Waals surface area contributed by atoms with Crippen molar-refractivity contribution in [2.75, 3.05) is 32.2 Å². The molecule has 2 rings (SSSR count). The minimum atomic E-state index is -0.130. The number of ether oxygens (including phenoxy) is 1. The van der Waals surface area contributed by atoms with E-state index in [2.05, 4.69) is 10.6 Å². The Hall–Kier alpha value is -1.59. The van der Waals surface area contributed by atoms with Crippen LogP contribution in [0.3, 0.4) is 0 Å². The van der Waals surface area contributed by atoms with Gasteiger partial charge in [-0.05, 0) is 24.5 Å². The molecule has 1 amide bonds. The Labute approximate surface area is 119 Å². The predicted octanol–water partition coefficient (Wildman–Crippen LogP) is 0.784. The fourth-order valence-electron chi connectivity index (χ4n) is 2.50. The number of para-hydroxylation sites is 1. The van der Waals surface area contributed by atoms with E-state index in [0.717, 1.165) is 12.1 Å². The quantitative estimate of drug-likeness (QED) is 0.719. The van der Waals surface area contributed by atoms with E-state index < -0.39 is 0 Å².